The number of Topliss-reactive ketones (excluding diaryl/α,β-unsaturated/α-hetero) is 1. The molecule has 0 unspecified atom stereocenters. The monoisotopic (exact) mass is 457 g/mol. The van der Waals surface area contributed by atoms with Crippen LogP contribution >= 0.6 is 22.9 Å². The summed E-state index contributed by atoms with van der Waals surface area (Å²) < 4.78 is 1.93. The molecule has 0 saturated carbocycles. The Labute approximate surface area is 167 Å². The largest absolute Gasteiger partial charge is 0.293 e. The highest BCUT2D eigenvalue weighted by atomic mass is 127. The first kappa shape index (κ1) is 17.5. The van der Waals surface area contributed by atoms with Crippen LogP contribution in [0.15, 0.2) is 42.0 Å². The molecular weight excluding hydrogens is 437 g/mol. The summed E-state index contributed by atoms with van der Waals surface area (Å²) in [4.78, 5) is 12.7. The summed E-state index contributed by atoms with van der Waals surface area (Å²) in [6.07, 6.45) is 4.53. The van der Waals surface area contributed by atoms with E-state index >= 15 is 0 Å². The number of fused-ring (bicyclic) bond motifs is 3. The molecule has 1 aromatic heterocycles. The molecule has 0 fully saturated rings. The molecule has 0 radical (unpaired) electrons. The maximum Gasteiger partial charge on any atom is 0.176 e. The minimum absolute atomic E-state index is 0.0121. The lowest BCUT2D eigenvalue weighted by molar-refractivity contribution is -0.122. The average Bonchev–Trinajstić information content (AvgIpc) is 3.00. The number of carbonyl (C=O) groups is 1. The van der Waals surface area contributed by atoms with E-state index in [-0.39, 0.29) is 23.0 Å². The van der Waals surface area contributed by atoms with Crippen molar-refractivity contribution in [1.29, 1.82) is 5.26 Å². The predicted octanol–water partition coefficient (Wildman–Crippen LogP) is 4.63. The van der Waals surface area contributed by atoms with Crippen LogP contribution < -0.4 is 0 Å². The molecule has 0 N–H and O–H groups in total. The van der Waals surface area contributed by atoms with Crippen molar-refractivity contribution < 1.29 is 4.79 Å². The van der Waals surface area contributed by atoms with Crippen molar-refractivity contribution >= 4 is 28.6 Å². The van der Waals surface area contributed by atoms with Crippen molar-refractivity contribution in [2.45, 2.75) is 38.5 Å². The third-order valence-corrected chi connectivity index (χ3v) is 6.77. The maximum atomic E-state index is 12.7. The number of nitriles is 1. The van der Waals surface area contributed by atoms with Crippen molar-refractivity contribution in [3.8, 4) is 17.3 Å². The molecule has 3 atom stereocenters. The quantitative estimate of drug-likeness (QED) is 0.619. The lowest BCUT2D eigenvalue weighted by Crippen LogP contribution is -2.46. The maximum absolute atomic E-state index is 12.7. The van der Waals surface area contributed by atoms with E-state index < -0.39 is 0 Å². The van der Waals surface area contributed by atoms with Gasteiger partial charge in [0.1, 0.15) is 6.07 Å². The van der Waals surface area contributed by atoms with E-state index in [1.165, 1.54) is 5.56 Å². The minimum Gasteiger partial charge on any atom is -0.293 e. The summed E-state index contributed by atoms with van der Waals surface area (Å²) >= 11 is 2.24. The first-order valence-corrected chi connectivity index (χ1v) is 9.98. The molecule has 5 heteroatoms. The number of carbonyl (C=O) groups excluding carboxylic acids is 1. The number of nitrogens with zero attached hydrogens (tertiary/aromatic N) is 3. The summed E-state index contributed by atoms with van der Waals surface area (Å²) in [6.45, 7) is 4.20. The number of ketones is 1. The molecule has 0 aliphatic heterocycles. The molecule has 4 rings (SSSR count). The van der Waals surface area contributed by atoms with Crippen molar-refractivity contribution in [3.63, 3.8) is 0 Å². The van der Waals surface area contributed by atoms with Gasteiger partial charge in [-0.2, -0.15) is 10.4 Å². The van der Waals surface area contributed by atoms with Gasteiger partial charge in [0.15, 0.2) is 5.78 Å². The van der Waals surface area contributed by atoms with Crippen LogP contribution in [0.3, 0.4) is 0 Å². The molecule has 2 aliphatic rings. The van der Waals surface area contributed by atoms with Crippen LogP contribution in [0.2, 0.25) is 0 Å². The Morgan fingerprint density at radius 3 is 2.77 bits per heavy atom. The van der Waals surface area contributed by atoms with E-state index in [4.69, 9.17) is 5.10 Å². The van der Waals surface area contributed by atoms with Gasteiger partial charge in [0.25, 0.3) is 0 Å². The second-order valence-electron chi connectivity index (χ2n) is 7.38. The number of allylic oxidation sites excluding steroid dienone is 2. The zero-order valence-electron chi connectivity index (χ0n) is 14.9. The molecule has 2 aromatic rings. The Balaban J connectivity index is 1.94. The third kappa shape index (κ3) is 2.38. The molecule has 132 valence electrons. The number of aromatic nitrogens is 2. The second-order valence-corrected chi connectivity index (χ2v) is 8.29. The summed E-state index contributed by atoms with van der Waals surface area (Å²) in [5.74, 6) is 0.130. The van der Waals surface area contributed by atoms with E-state index in [9.17, 15) is 10.1 Å². The highest BCUT2D eigenvalue weighted by molar-refractivity contribution is 14.1. The third-order valence-electron chi connectivity index (χ3n) is 6.07. The van der Waals surface area contributed by atoms with Gasteiger partial charge in [-0.1, -0.05) is 50.3 Å². The molecule has 1 aromatic carbocycles. The molecule has 0 bridgehead atoms. The van der Waals surface area contributed by atoms with Crippen molar-refractivity contribution in [1.82, 2.24) is 7.99 Å². The predicted molar refractivity (Wildman–Crippen MR) is 109 cm³/mol. The van der Waals surface area contributed by atoms with Gasteiger partial charge in [0.2, 0.25) is 0 Å². The van der Waals surface area contributed by atoms with Crippen molar-refractivity contribution in [2.24, 2.45) is 11.8 Å². The number of benzene rings is 1. The van der Waals surface area contributed by atoms with Gasteiger partial charge >= 0.3 is 0 Å². The number of hydrogen-bond acceptors (Lipinski definition) is 3. The molecule has 26 heavy (non-hydrogen) atoms. The molecule has 0 saturated heterocycles. The number of halogens is 1. The van der Waals surface area contributed by atoms with Gasteiger partial charge in [-0.15, -0.1) is 0 Å². The van der Waals surface area contributed by atoms with Crippen LogP contribution in [-0.4, -0.2) is 13.8 Å². The van der Waals surface area contributed by atoms with E-state index in [1.54, 1.807) is 0 Å². The van der Waals surface area contributed by atoms with Gasteiger partial charge in [-0.05, 0) is 25.2 Å². The summed E-state index contributed by atoms with van der Waals surface area (Å²) in [5.41, 5.74) is 4.50. The highest BCUT2D eigenvalue weighted by Crippen LogP contribution is 2.52. The molecule has 1 heterocycles. The van der Waals surface area contributed by atoms with Crippen LogP contribution in [0, 0.1) is 23.2 Å². The molecule has 2 aliphatic carbocycles. The fourth-order valence-electron chi connectivity index (χ4n) is 4.85. The standard InChI is InChI=1S/C21H20IN3O/c1-3-15-17-10-9-16-18(13-7-5-4-6-8-13)25(22)24-20(16)21(17,2)11-14(12-23)19(15)26/h4-8,11,15,17H,3,9-10H2,1-2H3/t15-,17-,21-/m0/s1. The first-order chi connectivity index (χ1) is 12.5. The minimum atomic E-state index is -0.368. The summed E-state index contributed by atoms with van der Waals surface area (Å²) in [5, 5.41) is 14.4. The van der Waals surface area contributed by atoms with E-state index in [1.807, 2.05) is 34.1 Å². The lowest BCUT2D eigenvalue weighted by Gasteiger charge is -2.45. The lowest BCUT2D eigenvalue weighted by atomic mass is 9.57. The van der Waals surface area contributed by atoms with Crippen LogP contribution in [0.5, 0.6) is 0 Å². The summed E-state index contributed by atoms with van der Waals surface area (Å²) in [7, 11) is 0. The van der Waals surface area contributed by atoms with Crippen LogP contribution in [0.25, 0.3) is 11.3 Å². The Morgan fingerprint density at radius 1 is 1.38 bits per heavy atom. The zero-order chi connectivity index (χ0) is 18.5. The first-order valence-electron chi connectivity index (χ1n) is 9.02. The Hall–Kier alpha value is -1.94. The number of hydrogen-bond donors (Lipinski definition) is 0. The molecule has 0 spiro atoms. The SMILES string of the molecule is CC[C@@H]1C(=O)C(C#N)=C[C@]2(C)c3nn(I)c(-c4ccccc4)c3CC[C@@H]12. The van der Waals surface area contributed by atoms with Gasteiger partial charge in [0.05, 0.1) is 39.8 Å². The fourth-order valence-corrected chi connectivity index (χ4v) is 5.63. The van der Waals surface area contributed by atoms with Gasteiger partial charge in [0, 0.05) is 22.5 Å². The summed E-state index contributed by atoms with van der Waals surface area (Å²) in [6, 6.07) is 12.4. The fraction of sp³-hybridized carbons (Fsp3) is 0.381. The Morgan fingerprint density at radius 2 is 2.12 bits per heavy atom. The van der Waals surface area contributed by atoms with E-state index in [2.05, 4.69) is 48.0 Å². The molecular formula is C21H20IN3O. The zero-order valence-corrected chi connectivity index (χ0v) is 17.0. The normalized spacial score (nSPS) is 27.3. The Bertz CT molecular complexity index is 954. The van der Waals surface area contributed by atoms with E-state index in [0.717, 1.165) is 36.2 Å². The molecule has 0 amide bonds. The smallest absolute Gasteiger partial charge is 0.176 e. The second kappa shape index (κ2) is 6.34. The van der Waals surface area contributed by atoms with Crippen LogP contribution in [0.1, 0.15) is 37.9 Å². The van der Waals surface area contributed by atoms with Crippen LogP contribution in [-0.2, 0) is 16.6 Å². The van der Waals surface area contributed by atoms with Gasteiger partial charge in [-0.3, -0.25) is 4.79 Å². The van der Waals surface area contributed by atoms with Crippen LogP contribution in [0.4, 0.5) is 0 Å². The van der Waals surface area contributed by atoms with Crippen molar-refractivity contribution in [2.75, 3.05) is 0 Å². The highest BCUT2D eigenvalue weighted by Gasteiger charge is 2.51. The Kier molecular flexibility index (Phi) is 4.26. The topological polar surface area (TPSA) is 58.7 Å². The van der Waals surface area contributed by atoms with Gasteiger partial charge in [-0.25, -0.2) is 2.90 Å². The van der Waals surface area contributed by atoms with Gasteiger partial charge < -0.3 is 0 Å². The molecule has 4 nitrogen and oxygen atoms in total. The average molecular weight is 457 g/mol. The van der Waals surface area contributed by atoms with Crippen molar-refractivity contribution in [3.05, 3.63) is 53.2 Å². The van der Waals surface area contributed by atoms with E-state index in [0.29, 0.717) is 5.57 Å². The number of rotatable bonds is 2.